The molecule has 5 heteroatoms. The first-order chi connectivity index (χ1) is 6.57. The first-order valence-corrected chi connectivity index (χ1v) is 5.43. The fourth-order valence-electron chi connectivity index (χ4n) is 1.33. The number of rotatable bonds is 4. The molecule has 1 rings (SSSR count). The smallest absolute Gasteiger partial charge is 0.169 e. The lowest BCUT2D eigenvalue weighted by atomic mass is 10.0. The van der Waals surface area contributed by atoms with Gasteiger partial charge < -0.3 is 0 Å². The highest BCUT2D eigenvalue weighted by Gasteiger charge is 2.20. The van der Waals surface area contributed by atoms with Crippen molar-refractivity contribution in [1.29, 1.82) is 0 Å². The zero-order chi connectivity index (χ0) is 10.7. The first kappa shape index (κ1) is 11.4. The molecule has 4 nitrogen and oxygen atoms in total. The maximum atomic E-state index is 5.98. The number of tetrazole rings is 1. The van der Waals surface area contributed by atoms with Crippen molar-refractivity contribution >= 4 is 11.6 Å². The van der Waals surface area contributed by atoms with E-state index in [0.717, 1.165) is 12.2 Å². The Morgan fingerprint density at radius 3 is 2.50 bits per heavy atom. The van der Waals surface area contributed by atoms with E-state index < -0.39 is 0 Å². The fourth-order valence-corrected chi connectivity index (χ4v) is 1.48. The number of halogens is 1. The van der Waals surface area contributed by atoms with Gasteiger partial charge in [0.15, 0.2) is 5.82 Å². The Bertz CT molecular complexity index is 284. The lowest BCUT2D eigenvalue weighted by Crippen LogP contribution is -2.17. The Balaban J connectivity index is 2.89. The van der Waals surface area contributed by atoms with Crippen molar-refractivity contribution in [2.75, 3.05) is 0 Å². The van der Waals surface area contributed by atoms with Crippen LogP contribution in [-0.4, -0.2) is 20.2 Å². The molecule has 0 amide bonds. The van der Waals surface area contributed by atoms with Crippen LogP contribution in [0.1, 0.15) is 51.4 Å². The molecule has 0 aliphatic heterocycles. The zero-order valence-electron chi connectivity index (χ0n) is 9.11. The van der Waals surface area contributed by atoms with Crippen molar-refractivity contribution in [3.8, 4) is 0 Å². The standard InChI is InChI=1S/C9H17ClN4/c1-5-6(2)8(4)14-9(7(3)10)11-12-13-14/h6-8H,5H2,1-4H3. The Kier molecular flexibility index (Phi) is 3.86. The molecule has 1 aromatic heterocycles. The molecule has 1 heterocycles. The molecule has 3 unspecified atom stereocenters. The van der Waals surface area contributed by atoms with Crippen molar-refractivity contribution in [2.24, 2.45) is 5.92 Å². The lowest BCUT2D eigenvalue weighted by Gasteiger charge is -2.19. The largest absolute Gasteiger partial charge is 0.225 e. The molecule has 3 atom stereocenters. The quantitative estimate of drug-likeness (QED) is 0.727. The number of alkyl halides is 1. The molecule has 0 spiro atoms. The predicted molar refractivity (Wildman–Crippen MR) is 56.3 cm³/mol. The maximum Gasteiger partial charge on any atom is 0.169 e. The maximum absolute atomic E-state index is 5.98. The predicted octanol–water partition coefficient (Wildman–Crippen LogP) is 2.58. The first-order valence-electron chi connectivity index (χ1n) is 4.99. The van der Waals surface area contributed by atoms with Crippen LogP contribution in [0, 0.1) is 5.92 Å². The van der Waals surface area contributed by atoms with E-state index in [1.165, 1.54) is 0 Å². The Morgan fingerprint density at radius 2 is 2.00 bits per heavy atom. The van der Waals surface area contributed by atoms with Crippen LogP contribution in [0.4, 0.5) is 0 Å². The fraction of sp³-hybridized carbons (Fsp3) is 0.889. The normalized spacial score (nSPS) is 17.8. The molecule has 0 N–H and O–H groups in total. The minimum absolute atomic E-state index is 0.142. The van der Waals surface area contributed by atoms with Crippen LogP contribution >= 0.6 is 11.6 Å². The van der Waals surface area contributed by atoms with Crippen LogP contribution in [0.25, 0.3) is 0 Å². The van der Waals surface area contributed by atoms with Crippen molar-refractivity contribution in [3.05, 3.63) is 5.82 Å². The van der Waals surface area contributed by atoms with Gasteiger partial charge in [0.25, 0.3) is 0 Å². The number of hydrogen-bond acceptors (Lipinski definition) is 3. The molecule has 0 aliphatic carbocycles. The van der Waals surface area contributed by atoms with Crippen molar-refractivity contribution in [3.63, 3.8) is 0 Å². The minimum Gasteiger partial charge on any atom is -0.225 e. The summed E-state index contributed by atoms with van der Waals surface area (Å²) >= 11 is 5.98. The van der Waals surface area contributed by atoms with Gasteiger partial charge in [0.2, 0.25) is 0 Å². The molecule has 0 radical (unpaired) electrons. The SMILES string of the molecule is CCC(C)C(C)n1nnnc1C(C)Cl. The van der Waals surface area contributed by atoms with Crippen LogP contribution in [0.2, 0.25) is 0 Å². The van der Waals surface area contributed by atoms with Gasteiger partial charge >= 0.3 is 0 Å². The Morgan fingerprint density at radius 1 is 1.36 bits per heavy atom. The number of hydrogen-bond donors (Lipinski definition) is 0. The van der Waals surface area contributed by atoms with E-state index in [1.807, 2.05) is 11.6 Å². The average Bonchev–Trinajstić information content (AvgIpc) is 2.63. The summed E-state index contributed by atoms with van der Waals surface area (Å²) in [5, 5.41) is 11.4. The summed E-state index contributed by atoms with van der Waals surface area (Å²) in [6.45, 7) is 8.35. The summed E-state index contributed by atoms with van der Waals surface area (Å²) < 4.78 is 1.83. The van der Waals surface area contributed by atoms with E-state index in [4.69, 9.17) is 11.6 Å². The van der Waals surface area contributed by atoms with Crippen LogP contribution in [0.15, 0.2) is 0 Å². The highest BCUT2D eigenvalue weighted by atomic mass is 35.5. The second-order valence-corrected chi connectivity index (χ2v) is 4.38. The Labute approximate surface area is 89.6 Å². The topological polar surface area (TPSA) is 43.6 Å². The third kappa shape index (κ3) is 2.23. The third-order valence-electron chi connectivity index (χ3n) is 2.73. The highest BCUT2D eigenvalue weighted by Crippen LogP contribution is 2.24. The monoisotopic (exact) mass is 216 g/mol. The molecule has 0 saturated carbocycles. The third-order valence-corrected chi connectivity index (χ3v) is 2.92. The van der Waals surface area contributed by atoms with E-state index in [1.54, 1.807) is 0 Å². The van der Waals surface area contributed by atoms with E-state index in [2.05, 4.69) is 36.3 Å². The van der Waals surface area contributed by atoms with Crippen molar-refractivity contribution in [1.82, 2.24) is 20.2 Å². The molecule has 0 aromatic carbocycles. The van der Waals surface area contributed by atoms with E-state index in [-0.39, 0.29) is 5.38 Å². The van der Waals surface area contributed by atoms with Crippen LogP contribution in [-0.2, 0) is 0 Å². The highest BCUT2D eigenvalue weighted by molar-refractivity contribution is 6.20. The summed E-state index contributed by atoms with van der Waals surface area (Å²) in [7, 11) is 0. The summed E-state index contributed by atoms with van der Waals surface area (Å²) in [6, 6.07) is 0.297. The molecule has 0 fully saturated rings. The van der Waals surface area contributed by atoms with Crippen LogP contribution in [0.5, 0.6) is 0 Å². The summed E-state index contributed by atoms with van der Waals surface area (Å²) in [4.78, 5) is 0. The zero-order valence-corrected chi connectivity index (χ0v) is 9.86. The molecular weight excluding hydrogens is 200 g/mol. The molecule has 0 saturated heterocycles. The van der Waals surface area contributed by atoms with E-state index in [9.17, 15) is 0 Å². The molecule has 14 heavy (non-hydrogen) atoms. The second-order valence-electron chi connectivity index (χ2n) is 3.72. The van der Waals surface area contributed by atoms with Gasteiger partial charge in [-0.1, -0.05) is 20.3 Å². The van der Waals surface area contributed by atoms with E-state index >= 15 is 0 Å². The van der Waals surface area contributed by atoms with Gasteiger partial charge in [-0.15, -0.1) is 16.7 Å². The molecule has 0 aliphatic rings. The summed E-state index contributed by atoms with van der Waals surface area (Å²) in [5.41, 5.74) is 0. The number of nitrogens with zero attached hydrogens (tertiary/aromatic N) is 4. The van der Waals surface area contributed by atoms with Gasteiger partial charge in [-0.25, -0.2) is 4.68 Å². The van der Waals surface area contributed by atoms with Gasteiger partial charge in [0.1, 0.15) is 0 Å². The second kappa shape index (κ2) is 4.73. The number of aromatic nitrogens is 4. The van der Waals surface area contributed by atoms with Crippen molar-refractivity contribution < 1.29 is 0 Å². The molecule has 80 valence electrons. The van der Waals surface area contributed by atoms with Gasteiger partial charge in [-0.2, -0.15) is 0 Å². The Hall–Kier alpha value is -0.640. The van der Waals surface area contributed by atoms with Crippen LogP contribution < -0.4 is 0 Å². The average molecular weight is 217 g/mol. The lowest BCUT2D eigenvalue weighted by molar-refractivity contribution is 0.329. The minimum atomic E-state index is -0.142. The van der Waals surface area contributed by atoms with Gasteiger partial charge in [0.05, 0.1) is 11.4 Å². The van der Waals surface area contributed by atoms with Gasteiger partial charge in [0, 0.05) is 0 Å². The summed E-state index contributed by atoms with van der Waals surface area (Å²) in [6.07, 6.45) is 1.11. The van der Waals surface area contributed by atoms with E-state index in [0.29, 0.717) is 12.0 Å². The van der Waals surface area contributed by atoms with Crippen LogP contribution in [0.3, 0.4) is 0 Å². The summed E-state index contributed by atoms with van der Waals surface area (Å²) in [5.74, 6) is 1.30. The molecule has 0 bridgehead atoms. The molecular formula is C9H17ClN4. The van der Waals surface area contributed by atoms with Gasteiger partial charge in [-0.05, 0) is 30.2 Å². The van der Waals surface area contributed by atoms with Crippen molar-refractivity contribution in [2.45, 2.75) is 45.5 Å². The van der Waals surface area contributed by atoms with Gasteiger partial charge in [-0.3, -0.25) is 0 Å². The molecule has 1 aromatic rings.